The number of carbonyl (C=O) groups excluding carboxylic acids is 1. The van der Waals surface area contributed by atoms with Crippen LogP contribution in [-0.2, 0) is 28.9 Å². The van der Waals surface area contributed by atoms with Gasteiger partial charge in [-0.15, -0.1) is 0 Å². The zero-order chi connectivity index (χ0) is 14.8. The fraction of sp³-hybridized carbons (Fsp3) is 0.529. The summed E-state index contributed by atoms with van der Waals surface area (Å²) in [5, 5.41) is 8.72. The van der Waals surface area contributed by atoms with Crippen LogP contribution in [0.3, 0.4) is 0 Å². The van der Waals surface area contributed by atoms with E-state index in [0.29, 0.717) is 19.5 Å². The number of aryl methyl sites for hydroxylation is 2. The Morgan fingerprint density at radius 3 is 2.57 bits per heavy atom. The molecule has 0 unspecified atom stereocenters. The van der Waals surface area contributed by atoms with Gasteiger partial charge in [0.2, 0.25) is 5.91 Å². The van der Waals surface area contributed by atoms with E-state index in [1.807, 2.05) is 0 Å². The Morgan fingerprint density at radius 2 is 1.86 bits per heavy atom. The molecule has 1 aliphatic heterocycles. The van der Waals surface area contributed by atoms with Crippen molar-refractivity contribution in [3.8, 4) is 0 Å². The SMILES string of the molecule is O=C(O)CC1CN(C(=O)Cc2ccc3c(c2)CCCC3)C1. The molecule has 1 aromatic rings. The van der Waals surface area contributed by atoms with Gasteiger partial charge in [-0.2, -0.15) is 0 Å². The smallest absolute Gasteiger partial charge is 0.303 e. The van der Waals surface area contributed by atoms with Gasteiger partial charge < -0.3 is 10.0 Å². The molecule has 0 radical (unpaired) electrons. The molecule has 0 bridgehead atoms. The largest absolute Gasteiger partial charge is 0.481 e. The van der Waals surface area contributed by atoms with Crippen molar-refractivity contribution in [3.63, 3.8) is 0 Å². The number of likely N-dealkylation sites (tertiary alicyclic amines) is 1. The highest BCUT2D eigenvalue weighted by Crippen LogP contribution is 2.24. The maximum Gasteiger partial charge on any atom is 0.303 e. The molecule has 4 heteroatoms. The van der Waals surface area contributed by atoms with Crippen molar-refractivity contribution in [2.24, 2.45) is 5.92 Å². The number of benzene rings is 1. The molecule has 1 saturated heterocycles. The van der Waals surface area contributed by atoms with E-state index in [2.05, 4.69) is 18.2 Å². The Hall–Kier alpha value is -1.84. The first kappa shape index (κ1) is 14.1. The number of rotatable bonds is 4. The molecule has 0 atom stereocenters. The molecule has 3 rings (SSSR count). The predicted molar refractivity (Wildman–Crippen MR) is 79.1 cm³/mol. The Labute approximate surface area is 124 Å². The van der Waals surface area contributed by atoms with Crippen LogP contribution >= 0.6 is 0 Å². The number of hydrogen-bond acceptors (Lipinski definition) is 2. The number of hydrogen-bond donors (Lipinski definition) is 1. The summed E-state index contributed by atoms with van der Waals surface area (Å²) in [6.07, 6.45) is 5.40. The van der Waals surface area contributed by atoms with Crippen LogP contribution in [-0.4, -0.2) is 35.0 Å². The molecule has 1 amide bonds. The van der Waals surface area contributed by atoms with Crippen LogP contribution < -0.4 is 0 Å². The number of amides is 1. The summed E-state index contributed by atoms with van der Waals surface area (Å²) in [7, 11) is 0. The maximum atomic E-state index is 12.2. The molecule has 112 valence electrons. The Kier molecular flexibility index (Phi) is 3.95. The molecule has 1 fully saturated rings. The number of carboxylic acids is 1. The fourth-order valence-electron chi connectivity index (χ4n) is 3.33. The lowest BCUT2D eigenvalue weighted by Gasteiger charge is -2.38. The van der Waals surface area contributed by atoms with Gasteiger partial charge in [0.25, 0.3) is 0 Å². The normalized spacial score (nSPS) is 18.0. The van der Waals surface area contributed by atoms with E-state index in [-0.39, 0.29) is 18.2 Å². The average Bonchev–Trinajstić information content (AvgIpc) is 2.42. The molecule has 0 saturated carbocycles. The molecule has 1 aromatic carbocycles. The molecule has 1 N–H and O–H groups in total. The quantitative estimate of drug-likeness (QED) is 0.922. The van der Waals surface area contributed by atoms with Gasteiger partial charge in [-0.3, -0.25) is 9.59 Å². The van der Waals surface area contributed by atoms with Gasteiger partial charge in [-0.1, -0.05) is 18.2 Å². The van der Waals surface area contributed by atoms with E-state index in [9.17, 15) is 9.59 Å². The molecule has 1 aliphatic carbocycles. The zero-order valence-corrected chi connectivity index (χ0v) is 12.2. The molecule has 0 aromatic heterocycles. The van der Waals surface area contributed by atoms with E-state index in [4.69, 9.17) is 5.11 Å². The lowest BCUT2D eigenvalue weighted by molar-refractivity contribution is -0.144. The second-order valence-electron chi connectivity index (χ2n) is 6.25. The number of aliphatic carboxylic acids is 1. The van der Waals surface area contributed by atoms with Gasteiger partial charge in [-0.25, -0.2) is 0 Å². The van der Waals surface area contributed by atoms with E-state index < -0.39 is 5.97 Å². The third-order valence-electron chi connectivity index (χ3n) is 4.54. The van der Waals surface area contributed by atoms with Gasteiger partial charge in [-0.05, 0) is 42.4 Å². The summed E-state index contributed by atoms with van der Waals surface area (Å²) in [4.78, 5) is 24.5. The second kappa shape index (κ2) is 5.88. The van der Waals surface area contributed by atoms with Crippen molar-refractivity contribution < 1.29 is 14.7 Å². The predicted octanol–water partition coefficient (Wildman–Crippen LogP) is 2.04. The molecular weight excluding hydrogens is 266 g/mol. The lowest BCUT2D eigenvalue weighted by Crippen LogP contribution is -2.51. The first-order valence-electron chi connectivity index (χ1n) is 7.72. The van der Waals surface area contributed by atoms with Crippen LogP contribution in [0.1, 0.15) is 36.0 Å². The first-order chi connectivity index (χ1) is 10.1. The summed E-state index contributed by atoms with van der Waals surface area (Å²) < 4.78 is 0. The number of carbonyl (C=O) groups is 2. The number of carboxylic acid groups (broad SMARTS) is 1. The van der Waals surface area contributed by atoms with Crippen molar-refractivity contribution in [2.45, 2.75) is 38.5 Å². The molecule has 1 heterocycles. The van der Waals surface area contributed by atoms with Gasteiger partial charge in [0, 0.05) is 19.0 Å². The Morgan fingerprint density at radius 1 is 1.14 bits per heavy atom. The third kappa shape index (κ3) is 3.26. The van der Waals surface area contributed by atoms with Gasteiger partial charge in [0.05, 0.1) is 12.8 Å². The average molecular weight is 287 g/mol. The van der Waals surface area contributed by atoms with Crippen LogP contribution in [0.15, 0.2) is 18.2 Å². The maximum absolute atomic E-state index is 12.2. The van der Waals surface area contributed by atoms with Crippen molar-refractivity contribution in [3.05, 3.63) is 34.9 Å². The molecule has 21 heavy (non-hydrogen) atoms. The lowest BCUT2D eigenvalue weighted by atomic mass is 9.89. The van der Waals surface area contributed by atoms with Crippen LogP contribution in [0.2, 0.25) is 0 Å². The summed E-state index contributed by atoms with van der Waals surface area (Å²) in [5.74, 6) is -0.524. The van der Waals surface area contributed by atoms with E-state index in [1.54, 1.807) is 4.90 Å². The Bertz CT molecular complexity index is 561. The zero-order valence-electron chi connectivity index (χ0n) is 12.2. The van der Waals surface area contributed by atoms with E-state index in [1.165, 1.54) is 24.0 Å². The summed E-state index contributed by atoms with van der Waals surface area (Å²) >= 11 is 0. The van der Waals surface area contributed by atoms with E-state index >= 15 is 0 Å². The summed E-state index contributed by atoms with van der Waals surface area (Å²) in [6.45, 7) is 1.19. The minimum atomic E-state index is -0.776. The van der Waals surface area contributed by atoms with Crippen molar-refractivity contribution in [1.82, 2.24) is 4.90 Å². The fourth-order valence-corrected chi connectivity index (χ4v) is 3.33. The highest BCUT2D eigenvalue weighted by molar-refractivity contribution is 5.80. The van der Waals surface area contributed by atoms with Crippen molar-refractivity contribution in [1.29, 1.82) is 0 Å². The van der Waals surface area contributed by atoms with E-state index in [0.717, 1.165) is 18.4 Å². The molecule has 4 nitrogen and oxygen atoms in total. The summed E-state index contributed by atoms with van der Waals surface area (Å²) in [6, 6.07) is 6.41. The Balaban J connectivity index is 1.55. The van der Waals surface area contributed by atoms with Crippen molar-refractivity contribution in [2.75, 3.05) is 13.1 Å². The molecule has 0 spiro atoms. The summed E-state index contributed by atoms with van der Waals surface area (Å²) in [5.41, 5.74) is 3.92. The minimum Gasteiger partial charge on any atom is -0.481 e. The number of fused-ring (bicyclic) bond motifs is 1. The number of nitrogens with zero attached hydrogens (tertiary/aromatic N) is 1. The molecular formula is C17H21NO3. The third-order valence-corrected chi connectivity index (χ3v) is 4.54. The van der Waals surface area contributed by atoms with Crippen LogP contribution in [0, 0.1) is 5.92 Å². The first-order valence-corrected chi connectivity index (χ1v) is 7.72. The van der Waals surface area contributed by atoms with Crippen molar-refractivity contribution >= 4 is 11.9 Å². The second-order valence-corrected chi connectivity index (χ2v) is 6.25. The highest BCUT2D eigenvalue weighted by Gasteiger charge is 2.31. The van der Waals surface area contributed by atoms with Crippen LogP contribution in [0.25, 0.3) is 0 Å². The van der Waals surface area contributed by atoms with Gasteiger partial charge >= 0.3 is 5.97 Å². The highest BCUT2D eigenvalue weighted by atomic mass is 16.4. The van der Waals surface area contributed by atoms with Gasteiger partial charge in [0.1, 0.15) is 0 Å². The monoisotopic (exact) mass is 287 g/mol. The topological polar surface area (TPSA) is 57.6 Å². The van der Waals surface area contributed by atoms with Crippen LogP contribution in [0.4, 0.5) is 0 Å². The molecule has 2 aliphatic rings. The standard InChI is InChI=1S/C17H21NO3/c19-16(18-10-13(11-18)9-17(20)21)8-12-5-6-14-3-1-2-4-15(14)7-12/h5-7,13H,1-4,8-11H2,(H,20,21). The van der Waals surface area contributed by atoms with Crippen LogP contribution in [0.5, 0.6) is 0 Å². The minimum absolute atomic E-state index is 0.118. The van der Waals surface area contributed by atoms with Gasteiger partial charge in [0.15, 0.2) is 0 Å².